The van der Waals surface area contributed by atoms with Gasteiger partial charge in [-0.05, 0) is 24.3 Å². The van der Waals surface area contributed by atoms with Crippen molar-refractivity contribution in [3.8, 4) is 22.8 Å². The van der Waals surface area contributed by atoms with Gasteiger partial charge in [0, 0.05) is 15.5 Å². The van der Waals surface area contributed by atoms with E-state index >= 15 is 0 Å². The van der Waals surface area contributed by atoms with Gasteiger partial charge in [0.1, 0.15) is 11.5 Å². The van der Waals surface area contributed by atoms with Gasteiger partial charge in [0.05, 0.1) is 0 Å². The van der Waals surface area contributed by atoms with E-state index in [0.29, 0.717) is 22.8 Å². The summed E-state index contributed by atoms with van der Waals surface area (Å²) in [7, 11) is 0. The highest BCUT2D eigenvalue weighted by atomic mass is 16.7. The monoisotopic (exact) mass is 282 g/mol. The number of benzene rings is 2. The molecule has 2 aromatic carbocycles. The molecule has 1 aromatic heterocycles. The van der Waals surface area contributed by atoms with Gasteiger partial charge in [-0.15, -0.1) is 0 Å². The van der Waals surface area contributed by atoms with E-state index < -0.39 is 10.9 Å². The van der Waals surface area contributed by atoms with Crippen LogP contribution in [0, 0.1) is 10.1 Å². The Morgan fingerprint density at radius 3 is 2.52 bits per heavy atom. The van der Waals surface area contributed by atoms with E-state index in [1.54, 1.807) is 24.3 Å². The van der Waals surface area contributed by atoms with Crippen molar-refractivity contribution < 1.29 is 14.1 Å². The molecule has 0 aliphatic heterocycles. The normalized spacial score (nSPS) is 10.3. The second-order valence-corrected chi connectivity index (χ2v) is 4.22. The zero-order valence-electron chi connectivity index (χ0n) is 10.8. The highest BCUT2D eigenvalue weighted by Gasteiger charge is 2.18. The van der Waals surface area contributed by atoms with Crippen LogP contribution < -0.4 is 4.74 Å². The maximum Gasteiger partial charge on any atom is 0.546 e. The molecule has 3 aromatic rings. The molecular formula is C15H10N2O4. The van der Waals surface area contributed by atoms with Crippen molar-refractivity contribution in [1.29, 1.82) is 0 Å². The van der Waals surface area contributed by atoms with Gasteiger partial charge in [0.15, 0.2) is 6.26 Å². The predicted molar refractivity (Wildman–Crippen MR) is 75.1 cm³/mol. The Labute approximate surface area is 119 Å². The average molecular weight is 282 g/mol. The van der Waals surface area contributed by atoms with Gasteiger partial charge in [-0.3, -0.25) is 0 Å². The van der Waals surface area contributed by atoms with Crippen molar-refractivity contribution >= 4 is 6.01 Å². The summed E-state index contributed by atoms with van der Waals surface area (Å²) < 4.78 is 10.5. The van der Waals surface area contributed by atoms with Gasteiger partial charge in [0.2, 0.25) is 5.69 Å². The van der Waals surface area contributed by atoms with Crippen molar-refractivity contribution in [1.82, 2.24) is 4.98 Å². The highest BCUT2D eigenvalue weighted by molar-refractivity contribution is 5.61. The molecule has 0 saturated heterocycles. The van der Waals surface area contributed by atoms with Crippen LogP contribution in [0.2, 0.25) is 0 Å². The molecule has 0 unspecified atom stereocenters. The smallest absolute Gasteiger partial charge is 0.457 e. The minimum Gasteiger partial charge on any atom is -0.457 e. The van der Waals surface area contributed by atoms with Crippen LogP contribution in [-0.4, -0.2) is 9.91 Å². The average Bonchev–Trinajstić information content (AvgIpc) is 2.99. The van der Waals surface area contributed by atoms with Crippen LogP contribution in [-0.2, 0) is 0 Å². The van der Waals surface area contributed by atoms with Crippen LogP contribution in [0.15, 0.2) is 65.3 Å². The van der Waals surface area contributed by atoms with E-state index in [0.717, 1.165) is 0 Å². The number of para-hydroxylation sites is 1. The molecule has 0 radical (unpaired) electrons. The zero-order valence-corrected chi connectivity index (χ0v) is 10.8. The maximum absolute atomic E-state index is 10.6. The number of hydrogen-bond acceptors (Lipinski definition) is 5. The molecule has 0 aliphatic rings. The largest absolute Gasteiger partial charge is 0.546 e. The Morgan fingerprint density at radius 2 is 1.81 bits per heavy atom. The van der Waals surface area contributed by atoms with Crippen molar-refractivity contribution in [2.24, 2.45) is 0 Å². The Kier molecular flexibility index (Phi) is 3.34. The molecule has 0 spiro atoms. The van der Waals surface area contributed by atoms with Crippen LogP contribution in [0.4, 0.5) is 6.01 Å². The van der Waals surface area contributed by atoms with E-state index in [2.05, 4.69) is 4.98 Å². The Bertz CT molecular complexity index is 768. The minimum atomic E-state index is -0.673. The predicted octanol–water partition coefficient (Wildman–Crippen LogP) is 4.04. The fourth-order valence-electron chi connectivity index (χ4n) is 1.82. The molecule has 0 fully saturated rings. The number of hydrogen-bond donors (Lipinski definition) is 0. The van der Waals surface area contributed by atoms with Gasteiger partial charge in [-0.25, -0.2) is 0 Å². The summed E-state index contributed by atoms with van der Waals surface area (Å²) in [5, 5.41) is 10.6. The van der Waals surface area contributed by atoms with E-state index in [4.69, 9.17) is 9.15 Å². The van der Waals surface area contributed by atoms with Crippen molar-refractivity contribution in [2.45, 2.75) is 0 Å². The third-order valence-corrected chi connectivity index (χ3v) is 2.76. The molecule has 0 aliphatic carbocycles. The molecule has 6 nitrogen and oxygen atoms in total. The van der Waals surface area contributed by atoms with Gasteiger partial charge in [-0.1, -0.05) is 30.3 Å². The summed E-state index contributed by atoms with van der Waals surface area (Å²) in [6, 6.07) is 15.9. The standard InChI is InChI=1S/C15H10N2O4/c18-17(19)15-16-14(10-20-15)11-5-4-8-13(9-11)21-12-6-2-1-3-7-12/h1-10H. The Morgan fingerprint density at radius 1 is 1.05 bits per heavy atom. The van der Waals surface area contributed by atoms with Crippen LogP contribution in [0.5, 0.6) is 11.5 Å². The van der Waals surface area contributed by atoms with Gasteiger partial charge < -0.3 is 19.3 Å². The zero-order chi connectivity index (χ0) is 14.7. The maximum atomic E-state index is 10.6. The topological polar surface area (TPSA) is 78.4 Å². The minimum absolute atomic E-state index is 0.389. The van der Waals surface area contributed by atoms with Crippen LogP contribution in [0.3, 0.4) is 0 Å². The van der Waals surface area contributed by atoms with Crippen molar-refractivity contribution in [2.75, 3.05) is 0 Å². The molecule has 0 atom stereocenters. The van der Waals surface area contributed by atoms with E-state index in [1.165, 1.54) is 6.26 Å². The number of nitro groups is 1. The highest BCUT2D eigenvalue weighted by Crippen LogP contribution is 2.27. The van der Waals surface area contributed by atoms with Crippen molar-refractivity contribution in [3.63, 3.8) is 0 Å². The lowest BCUT2D eigenvalue weighted by Crippen LogP contribution is -1.88. The van der Waals surface area contributed by atoms with Gasteiger partial charge in [-0.2, -0.15) is 0 Å². The number of rotatable bonds is 4. The Balaban J connectivity index is 1.87. The molecular weight excluding hydrogens is 272 g/mol. The van der Waals surface area contributed by atoms with E-state index in [1.807, 2.05) is 30.3 Å². The number of ether oxygens (including phenoxy) is 1. The molecule has 104 valence electrons. The lowest BCUT2D eigenvalue weighted by Gasteiger charge is -2.05. The lowest BCUT2D eigenvalue weighted by molar-refractivity contribution is -0.407. The lowest BCUT2D eigenvalue weighted by atomic mass is 10.1. The fourth-order valence-corrected chi connectivity index (χ4v) is 1.82. The molecule has 21 heavy (non-hydrogen) atoms. The molecule has 0 amide bonds. The summed E-state index contributed by atoms with van der Waals surface area (Å²) in [5.74, 6) is 1.32. The van der Waals surface area contributed by atoms with E-state index in [-0.39, 0.29) is 0 Å². The van der Waals surface area contributed by atoms with E-state index in [9.17, 15) is 10.1 Å². The number of nitrogens with zero attached hydrogens (tertiary/aromatic N) is 2. The summed E-state index contributed by atoms with van der Waals surface area (Å²) in [5.41, 5.74) is 1.07. The number of aromatic nitrogens is 1. The first kappa shape index (κ1) is 12.9. The van der Waals surface area contributed by atoms with Crippen LogP contribution >= 0.6 is 0 Å². The second-order valence-electron chi connectivity index (χ2n) is 4.22. The quantitative estimate of drug-likeness (QED) is 0.533. The molecule has 0 N–H and O–H groups in total. The molecule has 0 bridgehead atoms. The summed E-state index contributed by atoms with van der Waals surface area (Å²) in [4.78, 5) is 13.7. The fraction of sp³-hybridized carbons (Fsp3) is 0. The third-order valence-electron chi connectivity index (χ3n) is 2.76. The first-order valence-corrected chi connectivity index (χ1v) is 6.15. The molecule has 0 saturated carbocycles. The third kappa shape index (κ3) is 2.89. The molecule has 6 heteroatoms. The first-order valence-electron chi connectivity index (χ1n) is 6.15. The van der Waals surface area contributed by atoms with Gasteiger partial charge in [0.25, 0.3) is 0 Å². The van der Waals surface area contributed by atoms with Crippen LogP contribution in [0.1, 0.15) is 0 Å². The second kappa shape index (κ2) is 5.46. The summed E-state index contributed by atoms with van der Waals surface area (Å²) >= 11 is 0. The molecule has 3 rings (SSSR count). The SMILES string of the molecule is O=[N+]([O-])c1nc(-c2cccc(Oc3ccccc3)c2)co1. The molecule has 1 heterocycles. The van der Waals surface area contributed by atoms with Crippen LogP contribution in [0.25, 0.3) is 11.3 Å². The van der Waals surface area contributed by atoms with Crippen molar-refractivity contribution in [3.05, 3.63) is 71.0 Å². The van der Waals surface area contributed by atoms with Gasteiger partial charge >= 0.3 is 6.01 Å². The summed E-state index contributed by atoms with van der Waals surface area (Å²) in [6.45, 7) is 0. The Hall–Kier alpha value is -3.15. The number of oxazole rings is 1. The first-order chi connectivity index (χ1) is 10.2. The summed E-state index contributed by atoms with van der Waals surface area (Å²) in [6.07, 6.45) is 1.25.